The van der Waals surface area contributed by atoms with E-state index in [2.05, 4.69) is 52.3 Å². The molecule has 0 unspecified atom stereocenters. The molecule has 0 aliphatic heterocycles. The maximum absolute atomic E-state index is 4.92. The molecule has 2 heterocycles. The first-order valence-corrected chi connectivity index (χ1v) is 9.60. The molecule has 2 aromatic rings. The van der Waals surface area contributed by atoms with Gasteiger partial charge in [0.2, 0.25) is 0 Å². The molecular weight excluding hydrogens is 393 g/mol. The van der Waals surface area contributed by atoms with E-state index in [4.69, 9.17) is 9.97 Å². The summed E-state index contributed by atoms with van der Waals surface area (Å²) in [5, 5.41) is 5.56. The van der Waals surface area contributed by atoms with Crippen LogP contribution < -0.4 is 5.32 Å². The average molecular weight is 413 g/mol. The third-order valence-electron chi connectivity index (χ3n) is 3.90. The minimum absolute atomic E-state index is 0.612. The number of hydrogen-bond acceptors (Lipinski definition) is 4. The van der Waals surface area contributed by atoms with Gasteiger partial charge in [0, 0.05) is 12.5 Å². The van der Waals surface area contributed by atoms with Gasteiger partial charge in [0.15, 0.2) is 5.82 Å². The molecule has 0 amide bonds. The topological polar surface area (TPSA) is 37.8 Å². The number of aromatic nitrogens is 2. The average Bonchev–Trinajstić information content (AvgIpc) is 3.19. The van der Waals surface area contributed by atoms with Gasteiger partial charge in [0.1, 0.15) is 5.82 Å². The van der Waals surface area contributed by atoms with Crippen LogP contribution in [-0.4, -0.2) is 16.5 Å². The lowest BCUT2D eigenvalue weighted by molar-refractivity contribution is 0.690. The number of anilines is 1. The minimum Gasteiger partial charge on any atom is -0.369 e. The number of nitrogens with zero attached hydrogens (tertiary/aromatic N) is 2. The van der Waals surface area contributed by atoms with E-state index in [1.165, 1.54) is 34.9 Å². The highest BCUT2D eigenvalue weighted by atomic mass is 127. The second kappa shape index (κ2) is 7.05. The maximum atomic E-state index is 4.92. The predicted octanol–water partition coefficient (Wildman–Crippen LogP) is 5.29. The van der Waals surface area contributed by atoms with Crippen LogP contribution in [0, 0.1) is 3.57 Å². The van der Waals surface area contributed by atoms with E-state index in [-0.39, 0.29) is 0 Å². The lowest BCUT2D eigenvalue weighted by Gasteiger charge is -2.16. The van der Waals surface area contributed by atoms with E-state index >= 15 is 0 Å². The zero-order valence-electron chi connectivity index (χ0n) is 12.2. The number of halogens is 1. The van der Waals surface area contributed by atoms with Crippen LogP contribution in [0.2, 0.25) is 0 Å². The molecule has 1 fully saturated rings. The molecule has 0 spiro atoms. The third-order valence-corrected chi connectivity index (χ3v) is 5.83. The van der Waals surface area contributed by atoms with E-state index in [0.717, 1.165) is 29.5 Å². The van der Waals surface area contributed by atoms with E-state index in [9.17, 15) is 0 Å². The summed E-state index contributed by atoms with van der Waals surface area (Å²) >= 11 is 4.13. The number of rotatable bonds is 5. The first-order chi connectivity index (χ1) is 10.3. The molecule has 3 nitrogen and oxygen atoms in total. The fourth-order valence-electron chi connectivity index (χ4n) is 2.81. The third kappa shape index (κ3) is 3.39. The van der Waals surface area contributed by atoms with Crippen LogP contribution in [0.5, 0.6) is 0 Å². The Kier molecular flexibility index (Phi) is 5.11. The molecule has 2 aromatic heterocycles. The Labute approximate surface area is 143 Å². The number of thiophene rings is 1. The minimum atomic E-state index is 0.612. The summed E-state index contributed by atoms with van der Waals surface area (Å²) in [6, 6.07) is 4.17. The summed E-state index contributed by atoms with van der Waals surface area (Å²) in [4.78, 5) is 10.8. The molecule has 21 heavy (non-hydrogen) atoms. The Bertz CT molecular complexity index is 592. The van der Waals surface area contributed by atoms with Crippen molar-refractivity contribution in [3.8, 4) is 10.7 Å². The van der Waals surface area contributed by atoms with Crippen molar-refractivity contribution < 1.29 is 0 Å². The van der Waals surface area contributed by atoms with Crippen molar-refractivity contribution in [1.82, 2.24) is 9.97 Å². The van der Waals surface area contributed by atoms with Crippen LogP contribution in [-0.2, 0) is 0 Å². The van der Waals surface area contributed by atoms with Gasteiger partial charge in [0.25, 0.3) is 0 Å². The summed E-state index contributed by atoms with van der Waals surface area (Å²) < 4.78 is 1.22. The van der Waals surface area contributed by atoms with Crippen molar-refractivity contribution in [2.24, 2.45) is 0 Å². The second-order valence-corrected chi connectivity index (χ2v) is 7.51. The molecule has 1 aliphatic carbocycles. The Hall–Kier alpha value is -0.690. The van der Waals surface area contributed by atoms with E-state index in [1.807, 2.05) is 0 Å². The fourth-order valence-corrected chi connectivity index (χ4v) is 4.34. The van der Waals surface area contributed by atoms with Gasteiger partial charge in [-0.15, -0.1) is 11.3 Å². The molecule has 3 rings (SSSR count). The van der Waals surface area contributed by atoms with Crippen molar-refractivity contribution in [1.29, 1.82) is 0 Å². The standard InChI is InChI=1S/C16H20IN3S/c1-2-9-18-16-13(17)14(11-6-3-4-7-11)19-15(20-16)12-8-5-10-21-12/h5,8,10-11H,2-4,6-7,9H2,1H3,(H,18,19,20). The van der Waals surface area contributed by atoms with Gasteiger partial charge < -0.3 is 5.32 Å². The first kappa shape index (κ1) is 15.2. The van der Waals surface area contributed by atoms with Gasteiger partial charge in [0.05, 0.1) is 14.1 Å². The fraction of sp³-hybridized carbons (Fsp3) is 0.500. The Morgan fingerprint density at radius 3 is 2.81 bits per heavy atom. The van der Waals surface area contributed by atoms with E-state index in [0.29, 0.717) is 5.92 Å². The Balaban J connectivity index is 2.02. The molecule has 0 radical (unpaired) electrons. The number of hydrogen-bond donors (Lipinski definition) is 1. The monoisotopic (exact) mass is 413 g/mol. The van der Waals surface area contributed by atoms with Crippen LogP contribution in [0.25, 0.3) is 10.7 Å². The van der Waals surface area contributed by atoms with Crippen LogP contribution in [0.15, 0.2) is 17.5 Å². The first-order valence-electron chi connectivity index (χ1n) is 7.64. The molecular formula is C16H20IN3S. The van der Waals surface area contributed by atoms with Gasteiger partial charge >= 0.3 is 0 Å². The van der Waals surface area contributed by atoms with Crippen LogP contribution in [0.4, 0.5) is 5.82 Å². The Morgan fingerprint density at radius 1 is 1.33 bits per heavy atom. The van der Waals surface area contributed by atoms with Gasteiger partial charge in [-0.25, -0.2) is 9.97 Å². The smallest absolute Gasteiger partial charge is 0.171 e. The highest BCUT2D eigenvalue weighted by Gasteiger charge is 2.24. The molecule has 0 bridgehead atoms. The van der Waals surface area contributed by atoms with Crippen molar-refractivity contribution in [2.75, 3.05) is 11.9 Å². The summed E-state index contributed by atoms with van der Waals surface area (Å²) in [7, 11) is 0. The largest absolute Gasteiger partial charge is 0.369 e. The van der Waals surface area contributed by atoms with E-state index < -0.39 is 0 Å². The van der Waals surface area contributed by atoms with Gasteiger partial charge in [-0.3, -0.25) is 0 Å². The molecule has 112 valence electrons. The molecule has 0 aromatic carbocycles. The summed E-state index contributed by atoms with van der Waals surface area (Å²) in [5.74, 6) is 2.50. The number of nitrogens with one attached hydrogen (secondary N) is 1. The molecule has 1 N–H and O–H groups in total. The van der Waals surface area contributed by atoms with Gasteiger partial charge in [-0.1, -0.05) is 25.8 Å². The van der Waals surface area contributed by atoms with Crippen molar-refractivity contribution >= 4 is 39.7 Å². The molecule has 0 atom stereocenters. The summed E-state index contributed by atoms with van der Waals surface area (Å²) in [6.07, 6.45) is 6.30. The highest BCUT2D eigenvalue weighted by molar-refractivity contribution is 14.1. The van der Waals surface area contributed by atoms with Crippen molar-refractivity contribution in [2.45, 2.75) is 44.9 Å². The van der Waals surface area contributed by atoms with Crippen LogP contribution in [0.1, 0.15) is 50.6 Å². The normalized spacial score (nSPS) is 15.5. The lowest BCUT2D eigenvalue weighted by Crippen LogP contribution is -2.10. The van der Waals surface area contributed by atoms with Gasteiger partial charge in [-0.05, 0) is 53.3 Å². The Morgan fingerprint density at radius 2 is 2.14 bits per heavy atom. The zero-order valence-corrected chi connectivity index (χ0v) is 15.2. The SMILES string of the molecule is CCCNc1nc(-c2cccs2)nc(C2CCCC2)c1I. The molecule has 0 saturated heterocycles. The predicted molar refractivity (Wildman–Crippen MR) is 98.1 cm³/mol. The summed E-state index contributed by atoms with van der Waals surface area (Å²) in [5.41, 5.74) is 1.25. The molecule has 5 heteroatoms. The van der Waals surface area contributed by atoms with Crippen molar-refractivity contribution in [3.05, 3.63) is 26.8 Å². The van der Waals surface area contributed by atoms with Crippen LogP contribution >= 0.6 is 33.9 Å². The van der Waals surface area contributed by atoms with E-state index in [1.54, 1.807) is 11.3 Å². The quantitative estimate of drug-likeness (QED) is 0.677. The maximum Gasteiger partial charge on any atom is 0.171 e. The zero-order chi connectivity index (χ0) is 14.7. The highest BCUT2D eigenvalue weighted by Crippen LogP contribution is 2.38. The summed E-state index contributed by atoms with van der Waals surface area (Å²) in [6.45, 7) is 3.14. The van der Waals surface area contributed by atoms with Crippen molar-refractivity contribution in [3.63, 3.8) is 0 Å². The molecule has 1 saturated carbocycles. The lowest BCUT2D eigenvalue weighted by atomic mass is 10.0. The van der Waals surface area contributed by atoms with Crippen LogP contribution in [0.3, 0.4) is 0 Å². The van der Waals surface area contributed by atoms with Gasteiger partial charge in [-0.2, -0.15) is 0 Å². The second-order valence-electron chi connectivity index (χ2n) is 5.48. The molecule has 1 aliphatic rings.